The lowest BCUT2D eigenvalue weighted by atomic mass is 10.3. The Kier molecular flexibility index (Phi) is 4.07. The monoisotopic (exact) mass is 368 g/mol. The molecule has 3 N–H and O–H groups in total. The van der Waals surface area contributed by atoms with Crippen molar-refractivity contribution in [2.24, 2.45) is 0 Å². The van der Waals surface area contributed by atoms with Crippen LogP contribution in [-0.2, 0) is 6.54 Å². The van der Waals surface area contributed by atoms with Crippen molar-refractivity contribution in [2.45, 2.75) is 13.5 Å². The molecular weight excluding hydrogens is 354 g/mol. The summed E-state index contributed by atoms with van der Waals surface area (Å²) in [4.78, 5) is 21.2. The predicted octanol–water partition coefficient (Wildman–Crippen LogP) is 2.91. The van der Waals surface area contributed by atoms with Gasteiger partial charge < -0.3 is 15.6 Å². The van der Waals surface area contributed by atoms with Crippen LogP contribution in [0.5, 0.6) is 0 Å². The highest BCUT2D eigenvalue weighted by Crippen LogP contribution is 2.24. The first-order valence-corrected chi connectivity index (χ1v) is 8.09. The Bertz CT molecular complexity index is 1140. The molecule has 3 heterocycles. The molecule has 0 unspecified atom stereocenters. The van der Waals surface area contributed by atoms with Crippen molar-refractivity contribution in [3.8, 4) is 11.5 Å². The first-order valence-electron chi connectivity index (χ1n) is 8.09. The minimum atomic E-state index is -0.736. The highest BCUT2D eigenvalue weighted by atomic mass is 19.1. The summed E-state index contributed by atoms with van der Waals surface area (Å²) in [6, 6.07) is 4.92. The third-order valence-corrected chi connectivity index (χ3v) is 3.88. The molecule has 8 nitrogen and oxygen atoms in total. The molecule has 0 aliphatic carbocycles. The SMILES string of the molecule is CCn1c(-c2ccnc(N)n2)nc2cnc(Nc3ccc(F)cc3F)nc21. The van der Waals surface area contributed by atoms with Gasteiger partial charge in [-0.25, -0.2) is 28.7 Å². The number of fused-ring (bicyclic) bond motifs is 1. The smallest absolute Gasteiger partial charge is 0.229 e. The number of benzene rings is 1. The Morgan fingerprint density at radius 2 is 1.96 bits per heavy atom. The Morgan fingerprint density at radius 1 is 1.11 bits per heavy atom. The van der Waals surface area contributed by atoms with Crippen molar-refractivity contribution in [3.63, 3.8) is 0 Å². The zero-order valence-electron chi connectivity index (χ0n) is 14.2. The first-order chi connectivity index (χ1) is 13.0. The average molecular weight is 368 g/mol. The van der Waals surface area contributed by atoms with Crippen LogP contribution in [0.1, 0.15) is 6.92 Å². The number of nitrogen functional groups attached to an aromatic ring is 1. The van der Waals surface area contributed by atoms with Crippen LogP contribution in [0.15, 0.2) is 36.7 Å². The van der Waals surface area contributed by atoms with E-state index in [0.717, 1.165) is 12.1 Å². The molecule has 0 fully saturated rings. The molecule has 0 radical (unpaired) electrons. The number of hydrogen-bond acceptors (Lipinski definition) is 7. The van der Waals surface area contributed by atoms with E-state index < -0.39 is 11.6 Å². The van der Waals surface area contributed by atoms with Crippen molar-refractivity contribution in [2.75, 3.05) is 11.1 Å². The topological polar surface area (TPSA) is 107 Å². The molecule has 0 aliphatic heterocycles. The minimum Gasteiger partial charge on any atom is -0.368 e. The lowest BCUT2D eigenvalue weighted by Gasteiger charge is -2.07. The van der Waals surface area contributed by atoms with E-state index in [0.29, 0.717) is 29.2 Å². The molecule has 136 valence electrons. The molecule has 10 heteroatoms. The van der Waals surface area contributed by atoms with E-state index in [1.165, 1.54) is 12.3 Å². The quantitative estimate of drug-likeness (QED) is 0.570. The lowest BCUT2D eigenvalue weighted by Crippen LogP contribution is -2.04. The van der Waals surface area contributed by atoms with Crippen LogP contribution in [-0.4, -0.2) is 29.5 Å². The maximum Gasteiger partial charge on any atom is 0.229 e. The van der Waals surface area contributed by atoms with Gasteiger partial charge in [0.25, 0.3) is 0 Å². The number of nitrogens with zero attached hydrogens (tertiary/aromatic N) is 6. The summed E-state index contributed by atoms with van der Waals surface area (Å²) in [6.45, 7) is 2.50. The zero-order chi connectivity index (χ0) is 19.0. The van der Waals surface area contributed by atoms with E-state index in [1.54, 1.807) is 12.3 Å². The molecule has 0 saturated heterocycles. The maximum atomic E-state index is 13.9. The number of aryl methyl sites for hydroxylation is 1. The first kappa shape index (κ1) is 16.8. The molecule has 0 bridgehead atoms. The Hall–Kier alpha value is -3.69. The highest BCUT2D eigenvalue weighted by molar-refractivity contribution is 5.77. The van der Waals surface area contributed by atoms with Crippen LogP contribution in [0.25, 0.3) is 22.7 Å². The van der Waals surface area contributed by atoms with Crippen molar-refractivity contribution >= 4 is 28.7 Å². The van der Waals surface area contributed by atoms with Crippen molar-refractivity contribution in [1.82, 2.24) is 29.5 Å². The molecule has 0 aliphatic rings. The summed E-state index contributed by atoms with van der Waals surface area (Å²) in [5.41, 5.74) is 7.38. The van der Waals surface area contributed by atoms with Gasteiger partial charge in [-0.15, -0.1) is 0 Å². The second-order valence-electron chi connectivity index (χ2n) is 5.63. The molecule has 27 heavy (non-hydrogen) atoms. The van der Waals surface area contributed by atoms with Crippen molar-refractivity contribution in [1.29, 1.82) is 0 Å². The summed E-state index contributed by atoms with van der Waals surface area (Å²) in [5, 5.41) is 2.75. The summed E-state index contributed by atoms with van der Waals surface area (Å²) in [6.07, 6.45) is 3.07. The maximum absolute atomic E-state index is 13.9. The number of aromatic nitrogens is 6. The van der Waals surface area contributed by atoms with Crippen molar-refractivity contribution in [3.05, 3.63) is 48.3 Å². The standard InChI is InChI=1S/C17H14F2N8/c1-2-27-14(12-5-6-21-16(20)24-12)23-13-8-22-17(26-15(13)27)25-11-4-3-9(18)7-10(11)19/h3-8H,2H2,1H3,(H2,20,21,24)(H,22,25,26). The highest BCUT2D eigenvalue weighted by Gasteiger charge is 2.16. The second-order valence-corrected chi connectivity index (χ2v) is 5.63. The molecular formula is C17H14F2N8. The Labute approximate surface area is 152 Å². The van der Waals surface area contributed by atoms with Gasteiger partial charge in [0.1, 0.15) is 22.8 Å². The number of imidazole rings is 1. The van der Waals surface area contributed by atoms with Gasteiger partial charge >= 0.3 is 0 Å². The van der Waals surface area contributed by atoms with Crippen molar-refractivity contribution < 1.29 is 8.78 Å². The van der Waals surface area contributed by atoms with Gasteiger partial charge in [-0.3, -0.25) is 0 Å². The summed E-state index contributed by atoms with van der Waals surface area (Å²) >= 11 is 0. The number of nitrogens with two attached hydrogens (primary N) is 1. The van der Waals surface area contributed by atoms with E-state index in [1.807, 2.05) is 11.5 Å². The normalized spacial score (nSPS) is 11.1. The second kappa shape index (κ2) is 6.56. The molecule has 1 aromatic carbocycles. The largest absolute Gasteiger partial charge is 0.368 e. The number of halogens is 2. The summed E-state index contributed by atoms with van der Waals surface area (Å²) < 4.78 is 28.8. The van der Waals surface area contributed by atoms with E-state index in [4.69, 9.17) is 5.73 Å². The van der Waals surface area contributed by atoms with Gasteiger partial charge in [0, 0.05) is 18.8 Å². The van der Waals surface area contributed by atoms with Gasteiger partial charge in [-0.2, -0.15) is 4.98 Å². The molecule has 4 aromatic rings. The van der Waals surface area contributed by atoms with Crippen LogP contribution in [0.4, 0.5) is 26.4 Å². The molecule has 0 spiro atoms. The number of nitrogens with one attached hydrogen (secondary N) is 1. The number of rotatable bonds is 4. The summed E-state index contributed by atoms with van der Waals surface area (Å²) in [7, 11) is 0. The predicted molar refractivity (Wildman–Crippen MR) is 96.1 cm³/mol. The average Bonchev–Trinajstić information content (AvgIpc) is 3.02. The molecule has 4 rings (SSSR count). The van der Waals surface area contributed by atoms with Gasteiger partial charge in [0.2, 0.25) is 11.9 Å². The Morgan fingerprint density at radius 3 is 2.70 bits per heavy atom. The number of anilines is 3. The van der Waals surface area contributed by atoms with Gasteiger partial charge in [-0.1, -0.05) is 0 Å². The van der Waals surface area contributed by atoms with Gasteiger partial charge in [-0.05, 0) is 25.1 Å². The van der Waals surface area contributed by atoms with Crippen LogP contribution in [0, 0.1) is 11.6 Å². The van der Waals surface area contributed by atoms with Crippen LogP contribution >= 0.6 is 0 Å². The zero-order valence-corrected chi connectivity index (χ0v) is 14.2. The van der Waals surface area contributed by atoms with Crippen LogP contribution in [0.2, 0.25) is 0 Å². The third kappa shape index (κ3) is 3.12. The lowest BCUT2D eigenvalue weighted by molar-refractivity contribution is 0.586. The Balaban J connectivity index is 1.78. The molecule has 0 atom stereocenters. The van der Waals surface area contributed by atoms with E-state index in [2.05, 4.69) is 30.2 Å². The fraction of sp³-hybridized carbons (Fsp3) is 0.118. The molecule has 3 aromatic heterocycles. The molecule has 0 amide bonds. The number of hydrogen-bond donors (Lipinski definition) is 2. The van der Waals surface area contributed by atoms with Gasteiger partial charge in [0.15, 0.2) is 11.5 Å². The van der Waals surface area contributed by atoms with Crippen LogP contribution in [0.3, 0.4) is 0 Å². The fourth-order valence-electron chi connectivity index (χ4n) is 2.68. The van der Waals surface area contributed by atoms with E-state index in [-0.39, 0.29) is 17.6 Å². The third-order valence-electron chi connectivity index (χ3n) is 3.88. The fourth-order valence-corrected chi connectivity index (χ4v) is 2.68. The van der Waals surface area contributed by atoms with E-state index >= 15 is 0 Å². The molecule has 0 saturated carbocycles. The van der Waals surface area contributed by atoms with Crippen LogP contribution < -0.4 is 11.1 Å². The summed E-state index contributed by atoms with van der Waals surface area (Å²) in [5.74, 6) is -0.521. The van der Waals surface area contributed by atoms with E-state index in [9.17, 15) is 8.78 Å². The van der Waals surface area contributed by atoms with Gasteiger partial charge in [0.05, 0.1) is 11.9 Å². The minimum absolute atomic E-state index is 0.0714.